The lowest BCUT2D eigenvalue weighted by atomic mass is 9.87. The average molecular weight is 340 g/mol. The Kier molecular flexibility index (Phi) is 4.45. The van der Waals surface area contributed by atoms with Gasteiger partial charge in [0, 0.05) is 17.6 Å². The van der Waals surface area contributed by atoms with E-state index in [1.807, 2.05) is 6.07 Å². The van der Waals surface area contributed by atoms with Gasteiger partial charge in [-0.15, -0.1) is 0 Å². The van der Waals surface area contributed by atoms with Gasteiger partial charge in [0.25, 0.3) is 0 Å². The fourth-order valence-corrected chi connectivity index (χ4v) is 4.12. The highest BCUT2D eigenvalue weighted by Gasteiger charge is 2.35. The number of morpholine rings is 1. The first-order valence-electron chi connectivity index (χ1n) is 8.55. The first-order valence-corrected chi connectivity index (χ1v) is 8.93. The summed E-state index contributed by atoms with van der Waals surface area (Å²) in [5.74, 6) is 0. The van der Waals surface area contributed by atoms with Gasteiger partial charge in [-0.2, -0.15) is 0 Å². The standard InChI is InChI=1S/C21H22ClNO/c1-15-9-18(22)7-8-21(15)17-10-19-13-24-14-20(11-17)23(19)12-16-5-3-2-4-6-16/h2-10,19-20H,11-14H2,1H3. The molecule has 124 valence electrons. The van der Waals surface area contributed by atoms with Gasteiger partial charge in [0.1, 0.15) is 0 Å². The normalized spacial score (nSPS) is 23.8. The molecule has 2 bridgehead atoms. The molecular weight excluding hydrogens is 318 g/mol. The third-order valence-electron chi connectivity index (χ3n) is 5.09. The van der Waals surface area contributed by atoms with Crippen LogP contribution in [0.3, 0.4) is 0 Å². The molecule has 2 aromatic rings. The summed E-state index contributed by atoms with van der Waals surface area (Å²) in [7, 11) is 0. The number of benzene rings is 2. The summed E-state index contributed by atoms with van der Waals surface area (Å²) in [6.45, 7) is 4.72. The van der Waals surface area contributed by atoms with Gasteiger partial charge in [0.05, 0.1) is 19.3 Å². The van der Waals surface area contributed by atoms with Crippen molar-refractivity contribution in [1.82, 2.24) is 4.90 Å². The van der Waals surface area contributed by atoms with Crippen molar-refractivity contribution in [2.24, 2.45) is 0 Å². The minimum Gasteiger partial charge on any atom is -0.378 e. The maximum absolute atomic E-state index is 6.12. The van der Waals surface area contributed by atoms with E-state index < -0.39 is 0 Å². The molecule has 0 amide bonds. The molecule has 4 rings (SSSR count). The molecule has 0 aromatic heterocycles. The van der Waals surface area contributed by atoms with E-state index in [1.165, 1.54) is 22.3 Å². The second kappa shape index (κ2) is 6.72. The van der Waals surface area contributed by atoms with E-state index in [1.54, 1.807) is 0 Å². The van der Waals surface area contributed by atoms with E-state index in [0.717, 1.165) is 31.2 Å². The summed E-state index contributed by atoms with van der Waals surface area (Å²) in [6.07, 6.45) is 3.43. The van der Waals surface area contributed by atoms with Gasteiger partial charge in [0.15, 0.2) is 0 Å². The Morgan fingerprint density at radius 2 is 1.96 bits per heavy atom. The van der Waals surface area contributed by atoms with Gasteiger partial charge in [-0.25, -0.2) is 0 Å². The second-order valence-corrected chi connectivity index (χ2v) is 7.21. The lowest BCUT2D eigenvalue weighted by molar-refractivity contribution is -0.0402. The zero-order valence-electron chi connectivity index (χ0n) is 13.9. The predicted molar refractivity (Wildman–Crippen MR) is 99.2 cm³/mol. The Bertz CT molecular complexity index is 756. The molecule has 0 N–H and O–H groups in total. The van der Waals surface area contributed by atoms with Crippen LogP contribution in [0.25, 0.3) is 5.57 Å². The van der Waals surface area contributed by atoms with Gasteiger partial charge in [-0.3, -0.25) is 4.90 Å². The zero-order chi connectivity index (χ0) is 16.5. The van der Waals surface area contributed by atoms with E-state index in [4.69, 9.17) is 16.3 Å². The minimum absolute atomic E-state index is 0.350. The SMILES string of the molecule is Cc1cc(Cl)ccc1C1=CC2COCC(C1)N2Cc1ccccc1. The van der Waals surface area contributed by atoms with Crippen LogP contribution in [0.5, 0.6) is 0 Å². The van der Waals surface area contributed by atoms with Crippen molar-refractivity contribution in [3.63, 3.8) is 0 Å². The Morgan fingerprint density at radius 1 is 1.12 bits per heavy atom. The van der Waals surface area contributed by atoms with Crippen LogP contribution in [0.4, 0.5) is 0 Å². The van der Waals surface area contributed by atoms with Gasteiger partial charge in [-0.05, 0) is 47.7 Å². The fraction of sp³-hybridized carbons (Fsp3) is 0.333. The molecule has 2 nitrogen and oxygen atoms in total. The van der Waals surface area contributed by atoms with Crippen LogP contribution in [0, 0.1) is 6.92 Å². The van der Waals surface area contributed by atoms with E-state index in [9.17, 15) is 0 Å². The van der Waals surface area contributed by atoms with Crippen LogP contribution in [0.2, 0.25) is 5.02 Å². The quantitative estimate of drug-likeness (QED) is 0.803. The van der Waals surface area contributed by atoms with Gasteiger partial charge in [0.2, 0.25) is 0 Å². The summed E-state index contributed by atoms with van der Waals surface area (Å²) in [5, 5.41) is 0.807. The summed E-state index contributed by atoms with van der Waals surface area (Å²) >= 11 is 6.12. The Morgan fingerprint density at radius 3 is 2.71 bits per heavy atom. The van der Waals surface area contributed by atoms with Crippen LogP contribution in [0.1, 0.15) is 23.1 Å². The molecule has 1 saturated heterocycles. The molecule has 0 aliphatic carbocycles. The number of ether oxygens (including phenoxy) is 1. The third-order valence-corrected chi connectivity index (χ3v) is 5.32. The topological polar surface area (TPSA) is 12.5 Å². The number of rotatable bonds is 3. The largest absolute Gasteiger partial charge is 0.378 e. The van der Waals surface area contributed by atoms with E-state index in [-0.39, 0.29) is 0 Å². The molecule has 24 heavy (non-hydrogen) atoms. The summed E-state index contributed by atoms with van der Waals surface area (Å²) in [5.41, 5.74) is 5.39. The van der Waals surface area contributed by atoms with Crippen molar-refractivity contribution < 1.29 is 4.74 Å². The van der Waals surface area contributed by atoms with E-state index in [2.05, 4.69) is 60.4 Å². The van der Waals surface area contributed by atoms with Gasteiger partial charge >= 0.3 is 0 Å². The van der Waals surface area contributed by atoms with Gasteiger partial charge < -0.3 is 4.74 Å². The number of fused-ring (bicyclic) bond motifs is 2. The average Bonchev–Trinajstić information content (AvgIpc) is 2.56. The lowest BCUT2D eigenvalue weighted by Gasteiger charge is -2.45. The van der Waals surface area contributed by atoms with Crippen molar-refractivity contribution in [1.29, 1.82) is 0 Å². The molecule has 2 heterocycles. The molecule has 2 aliphatic rings. The second-order valence-electron chi connectivity index (χ2n) is 6.77. The maximum atomic E-state index is 6.12. The number of hydrogen-bond donors (Lipinski definition) is 0. The molecule has 0 spiro atoms. The molecule has 0 radical (unpaired) electrons. The van der Waals surface area contributed by atoms with E-state index >= 15 is 0 Å². The Labute approximate surface area is 148 Å². The molecular formula is C21H22ClNO. The highest BCUT2D eigenvalue weighted by atomic mass is 35.5. The molecule has 2 atom stereocenters. The Balaban J connectivity index is 1.62. The lowest BCUT2D eigenvalue weighted by Crippen LogP contribution is -2.53. The monoisotopic (exact) mass is 339 g/mol. The summed E-state index contributed by atoms with van der Waals surface area (Å²) in [4.78, 5) is 2.59. The van der Waals surface area contributed by atoms with Crippen molar-refractivity contribution in [3.8, 4) is 0 Å². The molecule has 0 saturated carbocycles. The Hall–Kier alpha value is -1.61. The van der Waals surface area contributed by atoms with Crippen LogP contribution in [-0.2, 0) is 11.3 Å². The van der Waals surface area contributed by atoms with E-state index in [0.29, 0.717) is 12.1 Å². The molecule has 3 heteroatoms. The molecule has 2 aliphatic heterocycles. The minimum atomic E-state index is 0.350. The summed E-state index contributed by atoms with van der Waals surface area (Å²) in [6, 6.07) is 17.7. The smallest absolute Gasteiger partial charge is 0.0658 e. The van der Waals surface area contributed by atoms with Crippen LogP contribution in [0.15, 0.2) is 54.6 Å². The zero-order valence-corrected chi connectivity index (χ0v) is 14.7. The maximum Gasteiger partial charge on any atom is 0.0658 e. The molecule has 2 aromatic carbocycles. The fourth-order valence-electron chi connectivity index (χ4n) is 3.89. The van der Waals surface area contributed by atoms with Crippen LogP contribution >= 0.6 is 11.6 Å². The van der Waals surface area contributed by atoms with Crippen molar-refractivity contribution in [2.45, 2.75) is 32.0 Å². The number of aryl methyl sites for hydroxylation is 1. The number of hydrogen-bond acceptors (Lipinski definition) is 2. The molecule has 2 unspecified atom stereocenters. The van der Waals surface area contributed by atoms with Crippen molar-refractivity contribution in [2.75, 3.05) is 13.2 Å². The first kappa shape index (κ1) is 15.9. The number of halogens is 1. The van der Waals surface area contributed by atoms with Crippen molar-refractivity contribution >= 4 is 17.2 Å². The van der Waals surface area contributed by atoms with Gasteiger partial charge in [-0.1, -0.05) is 54.1 Å². The van der Waals surface area contributed by atoms with Crippen LogP contribution < -0.4 is 0 Å². The summed E-state index contributed by atoms with van der Waals surface area (Å²) < 4.78 is 5.83. The van der Waals surface area contributed by atoms with Crippen molar-refractivity contribution in [3.05, 3.63) is 76.3 Å². The van der Waals surface area contributed by atoms with Crippen LogP contribution in [-0.4, -0.2) is 30.2 Å². The number of nitrogens with zero attached hydrogens (tertiary/aromatic N) is 1. The first-order chi connectivity index (χ1) is 11.7. The highest BCUT2D eigenvalue weighted by molar-refractivity contribution is 6.30. The third kappa shape index (κ3) is 3.14. The predicted octanol–water partition coefficient (Wildman–Crippen LogP) is 4.71. The highest BCUT2D eigenvalue weighted by Crippen LogP contribution is 2.35. The molecule has 1 fully saturated rings.